The summed E-state index contributed by atoms with van der Waals surface area (Å²) in [6.45, 7) is 1.74. The lowest BCUT2D eigenvalue weighted by Gasteiger charge is -2.11. The number of nitrogens with zero attached hydrogens (tertiary/aromatic N) is 3. The van der Waals surface area contributed by atoms with E-state index in [9.17, 15) is 9.59 Å². The van der Waals surface area contributed by atoms with Crippen LogP contribution in [0.3, 0.4) is 0 Å². The van der Waals surface area contributed by atoms with E-state index in [1.165, 1.54) is 4.90 Å². The summed E-state index contributed by atoms with van der Waals surface area (Å²) in [6.07, 6.45) is 0. The summed E-state index contributed by atoms with van der Waals surface area (Å²) < 4.78 is 0. The molecule has 32 heavy (non-hydrogen) atoms. The fourth-order valence-electron chi connectivity index (χ4n) is 3.21. The molecule has 0 radical (unpaired) electrons. The van der Waals surface area contributed by atoms with Gasteiger partial charge < -0.3 is 4.90 Å². The minimum Gasteiger partial charge on any atom is -0.344 e. The van der Waals surface area contributed by atoms with E-state index in [2.05, 4.69) is 15.3 Å². The van der Waals surface area contributed by atoms with Gasteiger partial charge in [-0.05, 0) is 37.3 Å². The zero-order chi connectivity index (χ0) is 23.0. The van der Waals surface area contributed by atoms with E-state index < -0.39 is 0 Å². The molecule has 2 aromatic heterocycles. The van der Waals surface area contributed by atoms with Crippen molar-refractivity contribution in [3.63, 3.8) is 0 Å². The molecular formula is C23H18Cl2N4O2S. The van der Waals surface area contributed by atoms with Crippen molar-refractivity contribution in [1.29, 1.82) is 0 Å². The normalized spacial score (nSPS) is 10.9. The van der Waals surface area contributed by atoms with E-state index in [0.717, 1.165) is 11.3 Å². The van der Waals surface area contributed by atoms with E-state index in [-0.39, 0.29) is 11.8 Å². The molecule has 0 atom stereocenters. The first kappa shape index (κ1) is 22.2. The molecule has 9 heteroatoms. The van der Waals surface area contributed by atoms with Crippen LogP contribution >= 0.6 is 34.5 Å². The first-order chi connectivity index (χ1) is 15.2. The number of amides is 2. The largest absolute Gasteiger partial charge is 0.344 e. The molecule has 6 nitrogen and oxygen atoms in total. The number of fused-ring (bicyclic) bond motifs is 1. The number of benzene rings is 2. The van der Waals surface area contributed by atoms with Crippen molar-refractivity contribution in [2.75, 3.05) is 19.4 Å². The van der Waals surface area contributed by atoms with Gasteiger partial charge in [-0.15, -0.1) is 0 Å². The Morgan fingerprint density at radius 2 is 1.78 bits per heavy atom. The number of aryl methyl sites for hydroxylation is 1. The Hall–Kier alpha value is -3.00. The number of hydrogen-bond donors (Lipinski definition) is 1. The van der Waals surface area contributed by atoms with Crippen LogP contribution in [0.4, 0.5) is 5.13 Å². The van der Waals surface area contributed by atoms with Gasteiger partial charge in [0, 0.05) is 30.1 Å². The first-order valence-electron chi connectivity index (χ1n) is 9.60. The van der Waals surface area contributed by atoms with Gasteiger partial charge in [-0.2, -0.15) is 0 Å². The van der Waals surface area contributed by atoms with E-state index in [4.69, 9.17) is 23.2 Å². The summed E-state index contributed by atoms with van der Waals surface area (Å²) >= 11 is 13.6. The second kappa shape index (κ2) is 8.86. The highest BCUT2D eigenvalue weighted by atomic mass is 35.5. The van der Waals surface area contributed by atoms with Gasteiger partial charge in [0.2, 0.25) is 0 Å². The fraction of sp³-hybridized carbons (Fsp3) is 0.130. The quantitative estimate of drug-likeness (QED) is 0.389. The summed E-state index contributed by atoms with van der Waals surface area (Å²) in [5.74, 6) is -0.512. The smallest absolute Gasteiger partial charge is 0.265 e. The average Bonchev–Trinajstić information content (AvgIpc) is 3.12. The van der Waals surface area contributed by atoms with E-state index >= 15 is 0 Å². The monoisotopic (exact) mass is 484 g/mol. The van der Waals surface area contributed by atoms with Crippen molar-refractivity contribution in [3.8, 4) is 11.3 Å². The molecule has 4 rings (SSSR count). The van der Waals surface area contributed by atoms with Gasteiger partial charge in [-0.3, -0.25) is 14.9 Å². The summed E-state index contributed by atoms with van der Waals surface area (Å²) in [4.78, 5) is 36.6. The summed E-state index contributed by atoms with van der Waals surface area (Å²) in [6, 6.07) is 14.2. The van der Waals surface area contributed by atoms with Crippen LogP contribution in [0, 0.1) is 6.92 Å². The van der Waals surface area contributed by atoms with Gasteiger partial charge in [0.25, 0.3) is 11.8 Å². The lowest BCUT2D eigenvalue weighted by molar-refractivity contribution is 0.0831. The van der Waals surface area contributed by atoms with Crippen LogP contribution in [0.5, 0.6) is 0 Å². The van der Waals surface area contributed by atoms with E-state index in [1.54, 1.807) is 45.3 Å². The molecular weight excluding hydrogens is 467 g/mol. The van der Waals surface area contributed by atoms with Crippen LogP contribution in [0.1, 0.15) is 25.7 Å². The Balaban J connectivity index is 1.76. The number of carbonyl (C=O) groups excluding carboxylic acids is 2. The van der Waals surface area contributed by atoms with E-state index in [1.807, 2.05) is 24.3 Å². The molecule has 0 aliphatic heterocycles. The predicted molar refractivity (Wildman–Crippen MR) is 130 cm³/mol. The molecule has 1 N–H and O–H groups in total. The number of nitrogens with one attached hydrogen (secondary N) is 1. The van der Waals surface area contributed by atoms with Gasteiger partial charge in [0.1, 0.15) is 4.88 Å². The number of rotatable bonds is 4. The highest BCUT2D eigenvalue weighted by Crippen LogP contribution is 2.32. The molecule has 0 aliphatic carbocycles. The van der Waals surface area contributed by atoms with E-state index in [0.29, 0.717) is 53.5 Å². The topological polar surface area (TPSA) is 75.2 Å². The van der Waals surface area contributed by atoms with Gasteiger partial charge in [-0.1, -0.05) is 52.7 Å². The van der Waals surface area contributed by atoms with Gasteiger partial charge >= 0.3 is 0 Å². The van der Waals surface area contributed by atoms with Crippen molar-refractivity contribution >= 4 is 62.4 Å². The molecule has 0 saturated carbocycles. The fourth-order valence-corrected chi connectivity index (χ4v) is 4.70. The molecule has 0 aliphatic rings. The van der Waals surface area contributed by atoms with Crippen LogP contribution in [0.2, 0.25) is 10.0 Å². The zero-order valence-corrected chi connectivity index (χ0v) is 19.8. The Labute approximate surface area is 198 Å². The van der Waals surface area contributed by atoms with Crippen LogP contribution in [-0.2, 0) is 0 Å². The third kappa shape index (κ3) is 4.32. The van der Waals surface area contributed by atoms with Crippen LogP contribution in [0.15, 0.2) is 48.5 Å². The maximum atomic E-state index is 13.3. The molecule has 0 saturated heterocycles. The number of para-hydroxylation sites is 1. The van der Waals surface area contributed by atoms with Crippen LogP contribution in [-0.4, -0.2) is 40.8 Å². The third-order valence-electron chi connectivity index (χ3n) is 4.79. The minimum absolute atomic E-state index is 0.158. The molecule has 162 valence electrons. The van der Waals surface area contributed by atoms with Crippen LogP contribution < -0.4 is 5.32 Å². The van der Waals surface area contributed by atoms with Crippen molar-refractivity contribution in [1.82, 2.24) is 14.9 Å². The lowest BCUT2D eigenvalue weighted by Crippen LogP contribution is -2.21. The minimum atomic E-state index is -0.354. The summed E-state index contributed by atoms with van der Waals surface area (Å²) in [5.41, 5.74) is 2.86. The maximum Gasteiger partial charge on any atom is 0.265 e. The van der Waals surface area contributed by atoms with Gasteiger partial charge in [0.15, 0.2) is 5.13 Å². The van der Waals surface area contributed by atoms with Crippen molar-refractivity contribution in [2.24, 2.45) is 0 Å². The first-order valence-corrected chi connectivity index (χ1v) is 11.2. The van der Waals surface area contributed by atoms with Crippen molar-refractivity contribution in [3.05, 3.63) is 74.7 Å². The SMILES string of the molecule is Cc1nc(NC(=O)c2cc(-c3ccc(Cl)cc3Cl)nc3ccccc23)sc1C(=O)N(C)C. The second-order valence-corrected chi connectivity index (χ2v) is 9.13. The Bertz CT molecular complexity index is 1370. The van der Waals surface area contributed by atoms with Gasteiger partial charge in [-0.25, -0.2) is 9.97 Å². The third-order valence-corrected chi connectivity index (χ3v) is 6.39. The summed E-state index contributed by atoms with van der Waals surface area (Å²) in [7, 11) is 3.35. The number of aromatic nitrogens is 2. The molecule has 0 fully saturated rings. The molecule has 2 heterocycles. The molecule has 0 unspecified atom stereocenters. The maximum absolute atomic E-state index is 13.3. The molecule has 4 aromatic rings. The number of carbonyl (C=O) groups is 2. The Morgan fingerprint density at radius 1 is 1.03 bits per heavy atom. The molecule has 0 bridgehead atoms. The number of thiazole rings is 1. The highest BCUT2D eigenvalue weighted by Gasteiger charge is 2.20. The highest BCUT2D eigenvalue weighted by molar-refractivity contribution is 7.17. The van der Waals surface area contributed by atoms with Crippen molar-refractivity contribution in [2.45, 2.75) is 6.92 Å². The number of halogens is 2. The number of hydrogen-bond acceptors (Lipinski definition) is 5. The summed E-state index contributed by atoms with van der Waals surface area (Å²) in [5, 5.41) is 4.82. The molecule has 2 amide bonds. The predicted octanol–water partition coefficient (Wildman–Crippen LogP) is 5.93. The number of anilines is 1. The second-order valence-electron chi connectivity index (χ2n) is 7.28. The Kier molecular flexibility index (Phi) is 6.15. The molecule has 2 aromatic carbocycles. The standard InChI is InChI=1S/C23H18Cl2N4O2S/c1-12-20(22(31)29(2)3)32-23(26-12)28-21(30)16-11-19(15-9-8-13(24)10-17(15)25)27-18-7-5-4-6-14(16)18/h4-11H,1-3H3,(H,26,28,30). The van der Waals surface area contributed by atoms with Crippen LogP contribution in [0.25, 0.3) is 22.2 Å². The number of pyridine rings is 1. The van der Waals surface area contributed by atoms with Crippen molar-refractivity contribution < 1.29 is 9.59 Å². The lowest BCUT2D eigenvalue weighted by atomic mass is 10.0. The molecule has 0 spiro atoms. The zero-order valence-electron chi connectivity index (χ0n) is 17.4. The Morgan fingerprint density at radius 3 is 2.50 bits per heavy atom. The van der Waals surface area contributed by atoms with Gasteiger partial charge in [0.05, 0.1) is 27.5 Å². The average molecular weight is 485 g/mol.